The number of ether oxygens (including phenoxy) is 1. The number of anilines is 1. The summed E-state index contributed by atoms with van der Waals surface area (Å²) in [6.07, 6.45) is 2.58. The zero-order valence-electron chi connectivity index (χ0n) is 15.7. The first kappa shape index (κ1) is 19.4. The molecule has 0 bridgehead atoms. The molecule has 1 aliphatic heterocycles. The number of carboxylic acid groups (broad SMARTS) is 1. The highest BCUT2D eigenvalue weighted by Crippen LogP contribution is 2.34. The number of rotatable bonds is 6. The lowest BCUT2D eigenvalue weighted by atomic mass is 9.97. The van der Waals surface area contributed by atoms with Crippen LogP contribution in [0.2, 0.25) is 0 Å². The second-order valence-corrected chi connectivity index (χ2v) is 6.83. The number of nitrogens with zero attached hydrogens (tertiary/aromatic N) is 1. The van der Waals surface area contributed by atoms with Gasteiger partial charge in [-0.25, -0.2) is 9.69 Å². The van der Waals surface area contributed by atoms with Crippen LogP contribution in [-0.4, -0.2) is 29.0 Å². The van der Waals surface area contributed by atoms with Crippen LogP contribution in [0.15, 0.2) is 54.6 Å². The molecule has 0 aromatic heterocycles. The summed E-state index contributed by atoms with van der Waals surface area (Å²) in [6.45, 7) is 3.87. The molecule has 2 aromatic rings. The van der Waals surface area contributed by atoms with E-state index in [1.54, 1.807) is 36.4 Å². The van der Waals surface area contributed by atoms with E-state index in [0.29, 0.717) is 17.0 Å². The Morgan fingerprint density at radius 1 is 1.18 bits per heavy atom. The van der Waals surface area contributed by atoms with Gasteiger partial charge in [0, 0.05) is 12.5 Å². The monoisotopic (exact) mass is 379 g/mol. The molecule has 1 saturated heterocycles. The van der Waals surface area contributed by atoms with Gasteiger partial charge in [0.05, 0.1) is 17.7 Å². The van der Waals surface area contributed by atoms with Crippen LogP contribution in [0.3, 0.4) is 0 Å². The van der Waals surface area contributed by atoms with E-state index in [-0.39, 0.29) is 24.3 Å². The van der Waals surface area contributed by atoms with E-state index in [4.69, 9.17) is 9.84 Å². The number of benzene rings is 2. The molecule has 1 fully saturated rings. The third kappa shape index (κ3) is 4.28. The van der Waals surface area contributed by atoms with Crippen molar-refractivity contribution < 1.29 is 24.2 Å². The van der Waals surface area contributed by atoms with Gasteiger partial charge in [-0.3, -0.25) is 9.59 Å². The van der Waals surface area contributed by atoms with Crippen molar-refractivity contribution in [3.63, 3.8) is 0 Å². The molecule has 1 atom stereocenters. The molecule has 1 unspecified atom stereocenters. The molecule has 0 radical (unpaired) electrons. The highest BCUT2D eigenvalue weighted by molar-refractivity contribution is 6.22. The highest BCUT2D eigenvalue weighted by Gasteiger charge is 2.40. The fraction of sp³-hybridized carbons (Fsp3) is 0.227. The molecule has 144 valence electrons. The third-order valence-corrected chi connectivity index (χ3v) is 4.35. The normalized spacial score (nSPS) is 17.0. The van der Waals surface area contributed by atoms with Gasteiger partial charge >= 0.3 is 5.97 Å². The van der Waals surface area contributed by atoms with Crippen molar-refractivity contribution in [2.75, 3.05) is 4.90 Å². The van der Waals surface area contributed by atoms with Crippen molar-refractivity contribution in [1.29, 1.82) is 0 Å². The molecule has 3 rings (SSSR count). The fourth-order valence-electron chi connectivity index (χ4n) is 3.15. The van der Waals surface area contributed by atoms with E-state index in [1.807, 2.05) is 26.0 Å². The maximum absolute atomic E-state index is 12.9. The number of hydrogen-bond donors (Lipinski definition) is 1. The topological polar surface area (TPSA) is 83.9 Å². The average Bonchev–Trinajstić information content (AvgIpc) is 2.95. The summed E-state index contributed by atoms with van der Waals surface area (Å²) >= 11 is 0. The zero-order valence-corrected chi connectivity index (χ0v) is 15.7. The molecule has 0 spiro atoms. The Morgan fingerprint density at radius 2 is 1.89 bits per heavy atom. The second kappa shape index (κ2) is 8.08. The van der Waals surface area contributed by atoms with Crippen molar-refractivity contribution in [1.82, 2.24) is 0 Å². The Balaban J connectivity index is 1.82. The Morgan fingerprint density at radius 3 is 2.54 bits per heavy atom. The summed E-state index contributed by atoms with van der Waals surface area (Å²) in [6, 6.07) is 13.9. The standard InChI is InChI=1S/C22H21NO5/c1-14(2)28-18-9-7-16(8-10-18)19-13-20(24)23(22(19)27)17-5-3-4-15(12-17)6-11-21(25)26/h3-12,14,19H,13H2,1-2H3,(H,25,26)/b11-6+. The van der Waals surface area contributed by atoms with Crippen LogP contribution in [0.1, 0.15) is 37.3 Å². The van der Waals surface area contributed by atoms with E-state index < -0.39 is 11.9 Å². The molecule has 6 nitrogen and oxygen atoms in total. The first-order valence-corrected chi connectivity index (χ1v) is 8.99. The van der Waals surface area contributed by atoms with Gasteiger partial charge in [0.2, 0.25) is 11.8 Å². The Hall–Kier alpha value is -3.41. The van der Waals surface area contributed by atoms with E-state index in [1.165, 1.54) is 11.0 Å². The fourth-order valence-corrected chi connectivity index (χ4v) is 3.15. The first-order valence-electron chi connectivity index (χ1n) is 8.99. The van der Waals surface area contributed by atoms with Gasteiger partial charge in [-0.2, -0.15) is 0 Å². The molecule has 2 aromatic carbocycles. The lowest BCUT2D eigenvalue weighted by molar-refractivity contribution is -0.131. The molecule has 2 amide bonds. The van der Waals surface area contributed by atoms with Crippen LogP contribution in [0.4, 0.5) is 5.69 Å². The molecule has 0 aliphatic carbocycles. The van der Waals surface area contributed by atoms with Gasteiger partial charge in [0.15, 0.2) is 0 Å². The minimum absolute atomic E-state index is 0.0542. The van der Waals surface area contributed by atoms with Crippen molar-refractivity contribution in [3.05, 3.63) is 65.7 Å². The van der Waals surface area contributed by atoms with Crippen LogP contribution in [0.25, 0.3) is 6.08 Å². The molecule has 1 N–H and O–H groups in total. The number of imide groups is 1. The average molecular weight is 379 g/mol. The van der Waals surface area contributed by atoms with Gasteiger partial charge < -0.3 is 9.84 Å². The maximum atomic E-state index is 12.9. The number of carbonyl (C=O) groups excluding carboxylic acids is 2. The summed E-state index contributed by atoms with van der Waals surface area (Å²) < 4.78 is 5.61. The lowest BCUT2D eigenvalue weighted by Gasteiger charge is -2.16. The molecular weight excluding hydrogens is 358 g/mol. The second-order valence-electron chi connectivity index (χ2n) is 6.83. The minimum atomic E-state index is -1.07. The van der Waals surface area contributed by atoms with E-state index in [9.17, 15) is 14.4 Å². The summed E-state index contributed by atoms with van der Waals surface area (Å²) in [4.78, 5) is 37.3. The van der Waals surface area contributed by atoms with E-state index >= 15 is 0 Å². The Kier molecular flexibility index (Phi) is 5.59. The van der Waals surface area contributed by atoms with Crippen LogP contribution in [0, 0.1) is 0 Å². The molecular formula is C22H21NO5. The predicted octanol–water partition coefficient (Wildman–Crippen LogP) is 3.62. The van der Waals surface area contributed by atoms with Crippen molar-refractivity contribution >= 4 is 29.5 Å². The quantitative estimate of drug-likeness (QED) is 0.612. The zero-order chi connectivity index (χ0) is 20.3. The van der Waals surface area contributed by atoms with Crippen molar-refractivity contribution in [2.45, 2.75) is 32.3 Å². The Bertz CT molecular complexity index is 930. The van der Waals surface area contributed by atoms with Gasteiger partial charge in [0.1, 0.15) is 5.75 Å². The van der Waals surface area contributed by atoms with Gasteiger partial charge in [-0.05, 0) is 55.3 Å². The molecule has 28 heavy (non-hydrogen) atoms. The van der Waals surface area contributed by atoms with Crippen LogP contribution in [0.5, 0.6) is 5.75 Å². The number of amides is 2. The van der Waals surface area contributed by atoms with Crippen molar-refractivity contribution in [3.8, 4) is 5.75 Å². The van der Waals surface area contributed by atoms with Gasteiger partial charge in [-0.15, -0.1) is 0 Å². The number of aliphatic carboxylic acids is 1. The molecule has 0 saturated carbocycles. The summed E-state index contributed by atoms with van der Waals surface area (Å²) in [5.74, 6) is -1.47. The molecule has 6 heteroatoms. The molecule has 1 heterocycles. The highest BCUT2D eigenvalue weighted by atomic mass is 16.5. The molecule has 1 aliphatic rings. The largest absolute Gasteiger partial charge is 0.491 e. The number of hydrogen-bond acceptors (Lipinski definition) is 4. The van der Waals surface area contributed by atoms with Crippen LogP contribution < -0.4 is 9.64 Å². The summed E-state index contributed by atoms with van der Waals surface area (Å²) in [5.41, 5.74) is 1.79. The van der Waals surface area contributed by atoms with E-state index in [2.05, 4.69) is 0 Å². The van der Waals surface area contributed by atoms with Gasteiger partial charge in [0.25, 0.3) is 0 Å². The number of carbonyl (C=O) groups is 3. The Labute approximate surface area is 163 Å². The summed E-state index contributed by atoms with van der Waals surface area (Å²) in [7, 11) is 0. The SMILES string of the molecule is CC(C)Oc1ccc(C2CC(=O)N(c3cccc(/C=C/C(=O)O)c3)C2=O)cc1. The smallest absolute Gasteiger partial charge is 0.328 e. The van der Waals surface area contributed by atoms with Crippen molar-refractivity contribution in [2.24, 2.45) is 0 Å². The minimum Gasteiger partial charge on any atom is -0.491 e. The van der Waals surface area contributed by atoms with Crippen LogP contribution >= 0.6 is 0 Å². The third-order valence-electron chi connectivity index (χ3n) is 4.35. The lowest BCUT2D eigenvalue weighted by Crippen LogP contribution is -2.30. The maximum Gasteiger partial charge on any atom is 0.328 e. The predicted molar refractivity (Wildman–Crippen MR) is 105 cm³/mol. The van der Waals surface area contributed by atoms with Crippen LogP contribution in [-0.2, 0) is 14.4 Å². The summed E-state index contributed by atoms with van der Waals surface area (Å²) in [5, 5.41) is 8.75. The van der Waals surface area contributed by atoms with E-state index in [0.717, 1.165) is 11.6 Å². The first-order chi connectivity index (χ1) is 13.3. The van der Waals surface area contributed by atoms with Gasteiger partial charge in [-0.1, -0.05) is 24.3 Å². The number of carboxylic acids is 1.